The van der Waals surface area contributed by atoms with E-state index in [1.54, 1.807) is 0 Å². The van der Waals surface area contributed by atoms with Gasteiger partial charge in [-0.3, -0.25) is 14.7 Å². The number of amides is 1. The van der Waals surface area contributed by atoms with Crippen molar-refractivity contribution in [2.45, 2.75) is 39.2 Å². The topological polar surface area (TPSA) is 36.4 Å². The number of likely N-dealkylation sites (tertiary alicyclic amines) is 2. The maximum atomic E-state index is 13.5. The lowest BCUT2D eigenvalue weighted by molar-refractivity contribution is -0.143. The number of fused-ring (bicyclic) bond motifs is 1. The molecular formula is C28H33N3O. The maximum absolute atomic E-state index is 13.5. The van der Waals surface area contributed by atoms with E-state index in [0.717, 1.165) is 63.9 Å². The quantitative estimate of drug-likeness (QED) is 0.579. The molecule has 1 aromatic heterocycles. The van der Waals surface area contributed by atoms with E-state index in [1.807, 2.05) is 12.3 Å². The van der Waals surface area contributed by atoms with Gasteiger partial charge in [-0.2, -0.15) is 0 Å². The van der Waals surface area contributed by atoms with Gasteiger partial charge in [0, 0.05) is 36.6 Å². The number of rotatable bonds is 5. The molecule has 1 atom stereocenters. The van der Waals surface area contributed by atoms with E-state index in [2.05, 4.69) is 76.3 Å². The van der Waals surface area contributed by atoms with Crippen LogP contribution in [0.1, 0.15) is 37.3 Å². The van der Waals surface area contributed by atoms with Crippen molar-refractivity contribution in [3.63, 3.8) is 0 Å². The molecule has 3 heterocycles. The first kappa shape index (κ1) is 21.1. The number of benzene rings is 2. The highest BCUT2D eigenvalue weighted by Crippen LogP contribution is 2.35. The third kappa shape index (κ3) is 4.56. The molecule has 0 aliphatic carbocycles. The molecule has 0 radical (unpaired) electrons. The highest BCUT2D eigenvalue weighted by atomic mass is 16.2. The second kappa shape index (κ2) is 9.03. The minimum atomic E-state index is -0.212. The monoisotopic (exact) mass is 427 g/mol. The zero-order valence-electron chi connectivity index (χ0n) is 19.0. The number of hydrogen-bond acceptors (Lipinski definition) is 3. The SMILES string of the molecule is CC1(C(=O)N2CC[C@H](Cc3ccc4ncccc4c3)C2)CCN(Cc2ccccc2)CC1. The Morgan fingerprint density at radius 1 is 1.00 bits per heavy atom. The minimum absolute atomic E-state index is 0.212. The Morgan fingerprint density at radius 3 is 2.62 bits per heavy atom. The highest BCUT2D eigenvalue weighted by Gasteiger charge is 2.41. The normalized spacial score (nSPS) is 21.2. The summed E-state index contributed by atoms with van der Waals surface area (Å²) in [6.45, 7) is 6.98. The van der Waals surface area contributed by atoms with E-state index in [0.29, 0.717) is 11.8 Å². The predicted molar refractivity (Wildman–Crippen MR) is 129 cm³/mol. The molecule has 0 unspecified atom stereocenters. The number of hydrogen-bond donors (Lipinski definition) is 0. The Kier molecular flexibility index (Phi) is 5.97. The largest absolute Gasteiger partial charge is 0.342 e. The van der Waals surface area contributed by atoms with Gasteiger partial charge in [0.15, 0.2) is 0 Å². The molecule has 0 bridgehead atoms. The molecule has 2 aromatic carbocycles. The van der Waals surface area contributed by atoms with Crippen molar-refractivity contribution in [3.8, 4) is 0 Å². The Balaban J connectivity index is 1.15. The van der Waals surface area contributed by atoms with E-state index in [4.69, 9.17) is 0 Å². The fourth-order valence-corrected chi connectivity index (χ4v) is 5.41. The molecular weight excluding hydrogens is 394 g/mol. The smallest absolute Gasteiger partial charge is 0.228 e. The summed E-state index contributed by atoms with van der Waals surface area (Å²) in [6, 6.07) is 21.3. The van der Waals surface area contributed by atoms with Crippen LogP contribution >= 0.6 is 0 Å². The molecule has 4 nitrogen and oxygen atoms in total. The van der Waals surface area contributed by atoms with Crippen molar-refractivity contribution < 1.29 is 4.79 Å². The summed E-state index contributed by atoms with van der Waals surface area (Å²) in [5.41, 5.74) is 3.54. The molecule has 0 N–H and O–H groups in total. The van der Waals surface area contributed by atoms with Crippen molar-refractivity contribution in [3.05, 3.63) is 78.0 Å². The molecule has 2 saturated heterocycles. The number of carbonyl (C=O) groups excluding carboxylic acids is 1. The Bertz CT molecular complexity index is 1070. The summed E-state index contributed by atoms with van der Waals surface area (Å²) in [4.78, 5) is 22.5. The van der Waals surface area contributed by atoms with Crippen molar-refractivity contribution in [2.75, 3.05) is 26.2 Å². The average Bonchev–Trinajstić information content (AvgIpc) is 3.29. The lowest BCUT2D eigenvalue weighted by Gasteiger charge is -2.40. The molecule has 2 aliphatic heterocycles. The minimum Gasteiger partial charge on any atom is -0.342 e. The van der Waals surface area contributed by atoms with Crippen LogP contribution in [0.5, 0.6) is 0 Å². The second-order valence-corrected chi connectivity index (χ2v) is 9.96. The van der Waals surface area contributed by atoms with Gasteiger partial charge >= 0.3 is 0 Å². The summed E-state index contributed by atoms with van der Waals surface area (Å²) in [5.74, 6) is 0.928. The number of nitrogens with zero attached hydrogens (tertiary/aromatic N) is 3. The first-order valence-electron chi connectivity index (χ1n) is 12.0. The Morgan fingerprint density at radius 2 is 1.81 bits per heavy atom. The summed E-state index contributed by atoms with van der Waals surface area (Å²) in [7, 11) is 0. The highest BCUT2D eigenvalue weighted by molar-refractivity contribution is 5.83. The van der Waals surface area contributed by atoms with E-state index >= 15 is 0 Å². The van der Waals surface area contributed by atoms with Gasteiger partial charge in [-0.25, -0.2) is 0 Å². The lowest BCUT2D eigenvalue weighted by Crippen LogP contribution is -2.48. The van der Waals surface area contributed by atoms with Gasteiger partial charge in [0.1, 0.15) is 0 Å². The molecule has 5 rings (SSSR count). The maximum Gasteiger partial charge on any atom is 0.228 e. The van der Waals surface area contributed by atoms with E-state index in [-0.39, 0.29) is 5.41 Å². The van der Waals surface area contributed by atoms with Gasteiger partial charge in [-0.1, -0.05) is 49.4 Å². The van der Waals surface area contributed by atoms with Gasteiger partial charge < -0.3 is 4.90 Å². The molecule has 3 aromatic rings. The van der Waals surface area contributed by atoms with Crippen LogP contribution < -0.4 is 0 Å². The summed E-state index contributed by atoms with van der Waals surface area (Å²) >= 11 is 0. The first-order chi connectivity index (χ1) is 15.6. The van der Waals surface area contributed by atoms with Gasteiger partial charge in [0.2, 0.25) is 5.91 Å². The fourth-order valence-electron chi connectivity index (χ4n) is 5.41. The predicted octanol–water partition coefficient (Wildman–Crippen LogP) is 4.93. The molecule has 2 aliphatic rings. The molecule has 0 saturated carbocycles. The van der Waals surface area contributed by atoms with Crippen LogP contribution in [0, 0.1) is 11.3 Å². The molecule has 1 amide bonds. The standard InChI is InChI=1S/C28H33N3O/c1-28(12-16-30(17-13-28)20-22-6-3-2-4-7-22)27(32)31-15-11-24(21-31)18-23-9-10-26-25(19-23)8-5-14-29-26/h2-10,14,19,24H,11-13,15-18,20-21H2,1H3/t24-/m1/s1. The van der Waals surface area contributed by atoms with E-state index in [1.165, 1.54) is 16.5 Å². The van der Waals surface area contributed by atoms with Crippen LogP contribution in [0.4, 0.5) is 0 Å². The van der Waals surface area contributed by atoms with Crippen molar-refractivity contribution in [2.24, 2.45) is 11.3 Å². The molecule has 166 valence electrons. The summed E-state index contributed by atoms with van der Waals surface area (Å²) in [5, 5.41) is 1.20. The van der Waals surface area contributed by atoms with Crippen molar-refractivity contribution in [1.82, 2.24) is 14.8 Å². The molecule has 4 heteroatoms. The van der Waals surface area contributed by atoms with Gasteiger partial charge in [-0.15, -0.1) is 0 Å². The Labute approximate surface area is 191 Å². The van der Waals surface area contributed by atoms with Gasteiger partial charge in [0.25, 0.3) is 0 Å². The average molecular weight is 428 g/mol. The zero-order valence-corrected chi connectivity index (χ0v) is 19.0. The molecule has 0 spiro atoms. The van der Waals surface area contributed by atoms with Crippen LogP contribution in [-0.2, 0) is 17.8 Å². The fraction of sp³-hybridized carbons (Fsp3) is 0.429. The third-order valence-electron chi connectivity index (χ3n) is 7.49. The van der Waals surface area contributed by atoms with Crippen molar-refractivity contribution >= 4 is 16.8 Å². The van der Waals surface area contributed by atoms with Crippen LogP contribution in [0.15, 0.2) is 66.9 Å². The zero-order chi connectivity index (χ0) is 22.0. The van der Waals surface area contributed by atoms with Crippen LogP contribution in [0.3, 0.4) is 0 Å². The van der Waals surface area contributed by atoms with Gasteiger partial charge in [-0.05, 0) is 74.0 Å². The molecule has 32 heavy (non-hydrogen) atoms. The number of aromatic nitrogens is 1. The number of carbonyl (C=O) groups is 1. The summed E-state index contributed by atoms with van der Waals surface area (Å²) < 4.78 is 0. The molecule has 2 fully saturated rings. The third-order valence-corrected chi connectivity index (χ3v) is 7.49. The van der Waals surface area contributed by atoms with Gasteiger partial charge in [0.05, 0.1) is 5.52 Å². The van der Waals surface area contributed by atoms with Crippen LogP contribution in [0.25, 0.3) is 10.9 Å². The van der Waals surface area contributed by atoms with Crippen LogP contribution in [0.2, 0.25) is 0 Å². The van der Waals surface area contributed by atoms with E-state index in [9.17, 15) is 4.79 Å². The first-order valence-corrected chi connectivity index (χ1v) is 12.0. The van der Waals surface area contributed by atoms with Crippen LogP contribution in [-0.4, -0.2) is 46.9 Å². The Hall–Kier alpha value is -2.72. The van der Waals surface area contributed by atoms with E-state index < -0.39 is 0 Å². The second-order valence-electron chi connectivity index (χ2n) is 9.96. The number of pyridine rings is 1. The lowest BCUT2D eigenvalue weighted by atomic mass is 9.79. The van der Waals surface area contributed by atoms with Crippen molar-refractivity contribution in [1.29, 1.82) is 0 Å². The number of piperidine rings is 1. The summed E-state index contributed by atoms with van der Waals surface area (Å²) in [6.07, 6.45) is 5.90.